The number of nitrogens with one attached hydrogen (secondary N) is 1. The Morgan fingerprint density at radius 3 is 3.08 bits per heavy atom. The topological polar surface area (TPSA) is 67.9 Å². The van der Waals surface area contributed by atoms with Crippen LogP contribution in [0.25, 0.3) is 11.0 Å². The zero-order chi connectivity index (χ0) is 9.26. The van der Waals surface area contributed by atoms with Gasteiger partial charge in [-0.15, -0.1) is 0 Å². The van der Waals surface area contributed by atoms with Gasteiger partial charge >= 0.3 is 0 Å². The molecule has 0 fully saturated rings. The molecule has 13 heavy (non-hydrogen) atoms. The highest BCUT2D eigenvalue weighted by molar-refractivity contribution is 5.88. The third-order valence-corrected chi connectivity index (χ3v) is 1.73. The Labute approximate surface area is 73.8 Å². The van der Waals surface area contributed by atoms with Gasteiger partial charge in [0.2, 0.25) is 5.88 Å². The maximum Gasteiger partial charge on any atom is 0.225 e. The van der Waals surface area contributed by atoms with Crippen molar-refractivity contribution in [2.45, 2.75) is 0 Å². The molecule has 0 aromatic carbocycles. The molecule has 0 aliphatic heterocycles. The van der Waals surface area contributed by atoms with Crippen LogP contribution < -0.4 is 4.74 Å². The van der Waals surface area contributed by atoms with Crippen LogP contribution in [-0.4, -0.2) is 28.3 Å². The molecule has 1 N–H and O–H groups in total. The van der Waals surface area contributed by atoms with Gasteiger partial charge in [0.15, 0.2) is 6.29 Å². The standard InChI is InChI=1S/C8H7N3O2/c1-13-8-6-2-5(3-12)11-7(6)9-4-10-8/h2-4H,1H3,(H,9,10,11). The molecule has 2 rings (SSSR count). The second-order valence-electron chi connectivity index (χ2n) is 2.49. The van der Waals surface area contributed by atoms with Crippen LogP contribution in [0, 0.1) is 0 Å². The van der Waals surface area contributed by atoms with Crippen molar-refractivity contribution in [1.82, 2.24) is 15.0 Å². The smallest absolute Gasteiger partial charge is 0.225 e. The second kappa shape index (κ2) is 2.85. The van der Waals surface area contributed by atoms with E-state index in [0.29, 0.717) is 22.6 Å². The van der Waals surface area contributed by atoms with Crippen molar-refractivity contribution in [2.75, 3.05) is 7.11 Å². The lowest BCUT2D eigenvalue weighted by molar-refractivity contribution is 0.112. The number of hydrogen-bond donors (Lipinski definition) is 1. The number of hydrogen-bond acceptors (Lipinski definition) is 4. The minimum atomic E-state index is 0.466. The molecule has 0 spiro atoms. The number of nitrogens with zero attached hydrogens (tertiary/aromatic N) is 2. The first-order valence-corrected chi connectivity index (χ1v) is 3.68. The molecule has 0 amide bonds. The van der Waals surface area contributed by atoms with Gasteiger partial charge in [0.05, 0.1) is 18.2 Å². The zero-order valence-corrected chi connectivity index (χ0v) is 6.94. The first kappa shape index (κ1) is 7.72. The van der Waals surface area contributed by atoms with Gasteiger partial charge in [-0.2, -0.15) is 0 Å². The fourth-order valence-electron chi connectivity index (χ4n) is 1.16. The van der Waals surface area contributed by atoms with Crippen molar-refractivity contribution in [1.29, 1.82) is 0 Å². The van der Waals surface area contributed by atoms with Crippen molar-refractivity contribution < 1.29 is 9.53 Å². The van der Waals surface area contributed by atoms with Crippen LogP contribution in [0.1, 0.15) is 10.5 Å². The largest absolute Gasteiger partial charge is 0.480 e. The quantitative estimate of drug-likeness (QED) is 0.688. The molecule has 5 heteroatoms. The van der Waals surface area contributed by atoms with Crippen molar-refractivity contribution in [3.63, 3.8) is 0 Å². The molecule has 0 atom stereocenters. The van der Waals surface area contributed by atoms with E-state index in [2.05, 4.69) is 15.0 Å². The van der Waals surface area contributed by atoms with E-state index in [9.17, 15) is 4.79 Å². The molecule has 0 radical (unpaired) electrons. The van der Waals surface area contributed by atoms with Crippen molar-refractivity contribution >= 4 is 17.3 Å². The van der Waals surface area contributed by atoms with Gasteiger partial charge in [0, 0.05) is 0 Å². The molecule has 0 aliphatic carbocycles. The lowest BCUT2D eigenvalue weighted by atomic mass is 10.3. The third kappa shape index (κ3) is 1.14. The van der Waals surface area contributed by atoms with E-state index in [1.54, 1.807) is 6.07 Å². The molecular weight excluding hydrogens is 170 g/mol. The van der Waals surface area contributed by atoms with E-state index >= 15 is 0 Å². The molecule has 2 aromatic rings. The summed E-state index contributed by atoms with van der Waals surface area (Å²) in [6.45, 7) is 0. The first-order chi connectivity index (χ1) is 6.35. The number of fused-ring (bicyclic) bond motifs is 1. The number of H-pyrrole nitrogens is 1. The van der Waals surface area contributed by atoms with Gasteiger partial charge in [-0.3, -0.25) is 4.79 Å². The van der Waals surface area contributed by atoms with Crippen molar-refractivity contribution in [3.8, 4) is 5.88 Å². The van der Waals surface area contributed by atoms with Crippen LogP contribution in [0.4, 0.5) is 0 Å². The van der Waals surface area contributed by atoms with Crippen molar-refractivity contribution in [3.05, 3.63) is 18.1 Å². The minimum absolute atomic E-state index is 0.466. The van der Waals surface area contributed by atoms with E-state index in [4.69, 9.17) is 4.74 Å². The predicted octanol–water partition coefficient (Wildman–Crippen LogP) is 0.779. The Balaban J connectivity index is 2.74. The summed E-state index contributed by atoms with van der Waals surface area (Å²) in [7, 11) is 1.52. The van der Waals surface area contributed by atoms with Gasteiger partial charge in [-0.1, -0.05) is 0 Å². The maximum absolute atomic E-state index is 10.5. The van der Waals surface area contributed by atoms with E-state index in [1.807, 2.05) is 0 Å². The SMILES string of the molecule is COc1ncnc2[nH]c(C=O)cc12. The number of aromatic amines is 1. The lowest BCUT2D eigenvalue weighted by Crippen LogP contribution is -1.88. The highest BCUT2D eigenvalue weighted by atomic mass is 16.5. The lowest BCUT2D eigenvalue weighted by Gasteiger charge is -1.96. The second-order valence-corrected chi connectivity index (χ2v) is 2.49. The predicted molar refractivity (Wildman–Crippen MR) is 45.8 cm³/mol. The van der Waals surface area contributed by atoms with Crippen molar-refractivity contribution in [2.24, 2.45) is 0 Å². The molecule has 0 aliphatic rings. The summed E-state index contributed by atoms with van der Waals surface area (Å²) in [5.41, 5.74) is 1.07. The third-order valence-electron chi connectivity index (χ3n) is 1.73. The average molecular weight is 177 g/mol. The van der Waals surface area contributed by atoms with Gasteiger partial charge in [-0.05, 0) is 6.07 Å². The highest BCUT2D eigenvalue weighted by Crippen LogP contribution is 2.20. The van der Waals surface area contributed by atoms with Gasteiger partial charge in [0.1, 0.15) is 12.0 Å². The summed E-state index contributed by atoms with van der Waals surface area (Å²) in [6.07, 6.45) is 2.10. The van der Waals surface area contributed by atoms with Gasteiger partial charge < -0.3 is 9.72 Å². The van der Waals surface area contributed by atoms with Crippen LogP contribution in [0.5, 0.6) is 5.88 Å². The number of rotatable bonds is 2. The Hall–Kier alpha value is -1.91. The van der Waals surface area contributed by atoms with Gasteiger partial charge in [-0.25, -0.2) is 9.97 Å². The molecule has 0 saturated heterocycles. The number of ether oxygens (including phenoxy) is 1. The van der Waals surface area contributed by atoms with Crippen LogP contribution in [0.2, 0.25) is 0 Å². The fourth-order valence-corrected chi connectivity index (χ4v) is 1.16. The van der Waals surface area contributed by atoms with E-state index < -0.39 is 0 Å². The van der Waals surface area contributed by atoms with Crippen LogP contribution in [-0.2, 0) is 0 Å². The maximum atomic E-state index is 10.5. The molecular formula is C8H7N3O2. The van der Waals surface area contributed by atoms with E-state index in [0.717, 1.165) is 6.29 Å². The molecule has 2 aromatic heterocycles. The summed E-state index contributed by atoms with van der Waals surface area (Å²) in [6, 6.07) is 1.65. The summed E-state index contributed by atoms with van der Waals surface area (Å²) >= 11 is 0. The Kier molecular flexibility index (Phi) is 1.70. The summed E-state index contributed by atoms with van der Waals surface area (Å²) in [5.74, 6) is 0.467. The van der Waals surface area contributed by atoms with Crippen LogP contribution in [0.3, 0.4) is 0 Å². The fraction of sp³-hybridized carbons (Fsp3) is 0.125. The first-order valence-electron chi connectivity index (χ1n) is 3.68. The molecule has 0 bridgehead atoms. The number of aldehydes is 1. The Morgan fingerprint density at radius 1 is 1.54 bits per heavy atom. The number of carbonyl (C=O) groups excluding carboxylic acids is 1. The number of carbonyl (C=O) groups is 1. The number of methoxy groups -OCH3 is 1. The molecule has 2 heterocycles. The molecule has 5 nitrogen and oxygen atoms in total. The highest BCUT2D eigenvalue weighted by Gasteiger charge is 2.06. The molecule has 0 unspecified atom stereocenters. The van der Waals surface area contributed by atoms with E-state index in [1.165, 1.54) is 13.4 Å². The Morgan fingerprint density at radius 2 is 2.38 bits per heavy atom. The van der Waals surface area contributed by atoms with Gasteiger partial charge in [0.25, 0.3) is 0 Å². The van der Waals surface area contributed by atoms with Crippen LogP contribution in [0.15, 0.2) is 12.4 Å². The zero-order valence-electron chi connectivity index (χ0n) is 6.94. The summed E-state index contributed by atoms with van der Waals surface area (Å²) in [5, 5.41) is 0.715. The van der Waals surface area contributed by atoms with Crippen LogP contribution >= 0.6 is 0 Å². The minimum Gasteiger partial charge on any atom is -0.480 e. The molecule has 66 valence electrons. The monoisotopic (exact) mass is 177 g/mol. The Bertz CT molecular complexity index is 450. The normalized spacial score (nSPS) is 10.2. The van der Waals surface area contributed by atoms with E-state index in [-0.39, 0.29) is 0 Å². The summed E-state index contributed by atoms with van der Waals surface area (Å²) in [4.78, 5) is 21.1. The molecule has 0 saturated carbocycles. The number of aromatic nitrogens is 3. The summed E-state index contributed by atoms with van der Waals surface area (Å²) < 4.78 is 5.00. The average Bonchev–Trinajstić information content (AvgIpc) is 2.59.